The Bertz CT molecular complexity index is 652. The van der Waals surface area contributed by atoms with Gasteiger partial charge in [-0.1, -0.05) is 43.6 Å². The molecular formula is C15H15Cl2N3O. The minimum absolute atomic E-state index is 0.0137. The Kier molecular flexibility index (Phi) is 5.15. The molecule has 0 aliphatic heterocycles. The van der Waals surface area contributed by atoms with Gasteiger partial charge in [0, 0.05) is 11.9 Å². The van der Waals surface area contributed by atoms with Crippen molar-refractivity contribution in [2.75, 3.05) is 5.32 Å². The molecule has 0 bridgehead atoms. The number of aromatic nitrogens is 2. The Morgan fingerprint density at radius 1 is 1.19 bits per heavy atom. The van der Waals surface area contributed by atoms with Gasteiger partial charge in [0.2, 0.25) is 5.28 Å². The van der Waals surface area contributed by atoms with Gasteiger partial charge in [-0.25, -0.2) is 9.97 Å². The Balaban J connectivity index is 2.35. The van der Waals surface area contributed by atoms with Crippen molar-refractivity contribution in [2.45, 2.75) is 26.7 Å². The lowest BCUT2D eigenvalue weighted by Crippen LogP contribution is -2.16. The molecule has 0 saturated carbocycles. The summed E-state index contributed by atoms with van der Waals surface area (Å²) < 4.78 is 0. The lowest BCUT2D eigenvalue weighted by atomic mass is 10.0. The van der Waals surface area contributed by atoms with Gasteiger partial charge in [-0.3, -0.25) is 4.79 Å². The van der Waals surface area contributed by atoms with E-state index < -0.39 is 0 Å². The first-order valence-electron chi connectivity index (χ1n) is 6.67. The molecule has 0 atom stereocenters. The molecule has 2 aromatic rings. The average Bonchev–Trinajstić information content (AvgIpc) is 2.47. The van der Waals surface area contributed by atoms with Crippen LogP contribution in [0.1, 0.15) is 35.3 Å². The van der Waals surface area contributed by atoms with Crippen molar-refractivity contribution in [1.29, 1.82) is 0 Å². The number of carbonyl (C=O) groups is 1. The number of nitrogens with one attached hydrogen (secondary N) is 1. The van der Waals surface area contributed by atoms with Crippen molar-refractivity contribution in [2.24, 2.45) is 0 Å². The maximum Gasteiger partial charge on any atom is 0.260 e. The second-order valence-corrected chi connectivity index (χ2v) is 5.15. The molecular weight excluding hydrogens is 309 g/mol. The van der Waals surface area contributed by atoms with E-state index in [0.29, 0.717) is 0 Å². The zero-order valence-electron chi connectivity index (χ0n) is 11.8. The van der Waals surface area contributed by atoms with Gasteiger partial charge in [-0.05, 0) is 35.6 Å². The third-order valence-corrected chi connectivity index (χ3v) is 3.67. The molecule has 0 aliphatic rings. The van der Waals surface area contributed by atoms with Crippen molar-refractivity contribution >= 4 is 34.8 Å². The number of hydrogen-bond acceptors (Lipinski definition) is 3. The Morgan fingerprint density at radius 3 is 2.33 bits per heavy atom. The molecule has 0 aliphatic carbocycles. The van der Waals surface area contributed by atoms with Gasteiger partial charge in [0.1, 0.15) is 5.15 Å². The summed E-state index contributed by atoms with van der Waals surface area (Å²) in [6.45, 7) is 4.09. The number of nitrogens with zero attached hydrogens (tertiary/aromatic N) is 2. The second kappa shape index (κ2) is 6.87. The zero-order chi connectivity index (χ0) is 15.4. The van der Waals surface area contributed by atoms with Crippen LogP contribution in [0.25, 0.3) is 0 Å². The van der Waals surface area contributed by atoms with Gasteiger partial charge in [0.25, 0.3) is 5.91 Å². The molecule has 0 fully saturated rings. The summed E-state index contributed by atoms with van der Waals surface area (Å²) >= 11 is 11.6. The highest BCUT2D eigenvalue weighted by Crippen LogP contribution is 2.24. The number of rotatable bonds is 4. The monoisotopic (exact) mass is 323 g/mol. The number of carbonyl (C=O) groups excluding carboxylic acids is 1. The highest BCUT2D eigenvalue weighted by molar-refractivity contribution is 6.34. The molecule has 2 rings (SSSR count). The molecule has 0 unspecified atom stereocenters. The van der Waals surface area contributed by atoms with E-state index >= 15 is 0 Å². The van der Waals surface area contributed by atoms with Crippen LogP contribution in [-0.2, 0) is 12.8 Å². The predicted octanol–water partition coefficient (Wildman–Crippen LogP) is 4.16. The van der Waals surface area contributed by atoms with E-state index in [0.717, 1.165) is 29.7 Å². The summed E-state index contributed by atoms with van der Waals surface area (Å²) in [4.78, 5) is 19.9. The summed E-state index contributed by atoms with van der Waals surface area (Å²) in [5.41, 5.74) is 3.19. The van der Waals surface area contributed by atoms with E-state index in [2.05, 4.69) is 15.3 Å². The van der Waals surface area contributed by atoms with Gasteiger partial charge in [-0.15, -0.1) is 0 Å². The summed E-state index contributed by atoms with van der Waals surface area (Å²) in [5.74, 6) is -0.340. The molecule has 0 radical (unpaired) electrons. The second-order valence-electron chi connectivity index (χ2n) is 4.46. The lowest BCUT2D eigenvalue weighted by Gasteiger charge is -2.14. The van der Waals surface area contributed by atoms with Crippen LogP contribution in [-0.4, -0.2) is 15.9 Å². The van der Waals surface area contributed by atoms with E-state index in [1.165, 1.54) is 6.20 Å². The molecule has 1 N–H and O–H groups in total. The standard InChI is InChI=1S/C15H15Cl2N3O/c1-3-9-6-5-7-10(4-2)12(9)19-14(21)11-8-18-15(17)20-13(11)16/h5-8H,3-4H2,1-2H3,(H,19,21). The van der Waals surface area contributed by atoms with Crippen LogP contribution in [0.4, 0.5) is 5.69 Å². The summed E-state index contributed by atoms with van der Waals surface area (Å²) in [6.07, 6.45) is 2.98. The van der Waals surface area contributed by atoms with E-state index in [9.17, 15) is 4.79 Å². The van der Waals surface area contributed by atoms with Crippen LogP contribution in [0.5, 0.6) is 0 Å². The topological polar surface area (TPSA) is 54.9 Å². The number of halogens is 2. The van der Waals surface area contributed by atoms with Crippen molar-refractivity contribution in [3.8, 4) is 0 Å². The molecule has 1 amide bonds. The van der Waals surface area contributed by atoms with Gasteiger partial charge in [-0.2, -0.15) is 0 Å². The number of para-hydroxylation sites is 1. The molecule has 6 heteroatoms. The minimum atomic E-state index is -0.340. The first-order chi connectivity index (χ1) is 10.1. The van der Waals surface area contributed by atoms with Crippen LogP contribution < -0.4 is 5.32 Å². The molecule has 21 heavy (non-hydrogen) atoms. The summed E-state index contributed by atoms with van der Waals surface area (Å²) in [7, 11) is 0. The van der Waals surface area contributed by atoms with Crippen LogP contribution >= 0.6 is 23.2 Å². The number of benzene rings is 1. The number of anilines is 1. The predicted molar refractivity (Wildman–Crippen MR) is 85.2 cm³/mol. The maximum atomic E-state index is 12.4. The minimum Gasteiger partial charge on any atom is -0.321 e. The van der Waals surface area contributed by atoms with E-state index in [4.69, 9.17) is 23.2 Å². The normalized spacial score (nSPS) is 10.5. The highest BCUT2D eigenvalue weighted by Gasteiger charge is 2.16. The van der Waals surface area contributed by atoms with Crippen LogP contribution in [0.15, 0.2) is 24.4 Å². The lowest BCUT2D eigenvalue weighted by molar-refractivity contribution is 0.102. The first-order valence-corrected chi connectivity index (χ1v) is 7.42. The van der Waals surface area contributed by atoms with Gasteiger partial charge < -0.3 is 5.32 Å². The van der Waals surface area contributed by atoms with E-state index in [-0.39, 0.29) is 21.9 Å². The van der Waals surface area contributed by atoms with Crippen LogP contribution in [0, 0.1) is 0 Å². The fourth-order valence-electron chi connectivity index (χ4n) is 2.08. The van der Waals surface area contributed by atoms with Gasteiger partial charge >= 0.3 is 0 Å². The first kappa shape index (κ1) is 15.7. The van der Waals surface area contributed by atoms with Gasteiger partial charge in [0.15, 0.2) is 0 Å². The SMILES string of the molecule is CCc1cccc(CC)c1NC(=O)c1cnc(Cl)nc1Cl. The Labute approximate surface area is 133 Å². The van der Waals surface area contributed by atoms with E-state index in [1.807, 2.05) is 32.0 Å². The number of amides is 1. The quantitative estimate of drug-likeness (QED) is 0.679. The van der Waals surface area contributed by atoms with Crippen molar-refractivity contribution < 1.29 is 4.79 Å². The zero-order valence-corrected chi connectivity index (χ0v) is 13.3. The average molecular weight is 324 g/mol. The fraction of sp³-hybridized carbons (Fsp3) is 0.267. The molecule has 1 aromatic carbocycles. The van der Waals surface area contributed by atoms with Crippen molar-refractivity contribution in [3.05, 3.63) is 51.5 Å². The van der Waals surface area contributed by atoms with Crippen molar-refractivity contribution in [3.63, 3.8) is 0 Å². The summed E-state index contributed by atoms with van der Waals surface area (Å²) in [6, 6.07) is 5.98. The molecule has 110 valence electrons. The van der Waals surface area contributed by atoms with Crippen molar-refractivity contribution in [1.82, 2.24) is 9.97 Å². The maximum absolute atomic E-state index is 12.4. The number of hydrogen-bond donors (Lipinski definition) is 1. The molecule has 1 heterocycles. The molecule has 1 aromatic heterocycles. The number of aryl methyl sites for hydroxylation is 2. The van der Waals surface area contributed by atoms with Crippen LogP contribution in [0.2, 0.25) is 10.4 Å². The molecule has 4 nitrogen and oxygen atoms in total. The van der Waals surface area contributed by atoms with Gasteiger partial charge in [0.05, 0.1) is 5.56 Å². The molecule has 0 saturated heterocycles. The molecule has 0 spiro atoms. The fourth-order valence-corrected chi connectivity index (χ4v) is 2.47. The Morgan fingerprint density at radius 2 is 1.81 bits per heavy atom. The smallest absolute Gasteiger partial charge is 0.260 e. The largest absolute Gasteiger partial charge is 0.321 e. The Hall–Kier alpha value is -1.65. The third kappa shape index (κ3) is 3.52. The third-order valence-electron chi connectivity index (χ3n) is 3.19. The highest BCUT2D eigenvalue weighted by atomic mass is 35.5. The van der Waals surface area contributed by atoms with E-state index in [1.54, 1.807) is 0 Å². The summed E-state index contributed by atoms with van der Waals surface area (Å²) in [5, 5.41) is 2.97. The van der Waals surface area contributed by atoms with Crippen LogP contribution in [0.3, 0.4) is 0 Å².